The van der Waals surface area contributed by atoms with Crippen molar-refractivity contribution in [1.82, 2.24) is 4.72 Å². The van der Waals surface area contributed by atoms with Gasteiger partial charge in [0.25, 0.3) is 0 Å². The van der Waals surface area contributed by atoms with Crippen LogP contribution in [0.4, 0.5) is 0 Å². The highest BCUT2D eigenvalue weighted by atomic mass is 32.2. The predicted molar refractivity (Wildman–Crippen MR) is 88.3 cm³/mol. The van der Waals surface area contributed by atoms with E-state index in [4.69, 9.17) is 0 Å². The number of methoxy groups -OCH3 is 1. The van der Waals surface area contributed by atoms with Crippen molar-refractivity contribution >= 4 is 16.0 Å². The zero-order valence-electron chi connectivity index (χ0n) is 13.0. The predicted octanol–water partition coefficient (Wildman–Crippen LogP) is 2.04. The van der Waals surface area contributed by atoms with Crippen molar-refractivity contribution in [3.05, 3.63) is 71.8 Å². The number of ether oxygens (including phenoxy) is 1. The van der Waals surface area contributed by atoms with Gasteiger partial charge < -0.3 is 4.74 Å². The first kappa shape index (κ1) is 17.2. The van der Waals surface area contributed by atoms with Crippen LogP contribution in [0.25, 0.3) is 0 Å². The quantitative estimate of drug-likeness (QED) is 0.821. The second-order valence-corrected chi connectivity index (χ2v) is 7.02. The minimum absolute atomic E-state index is 0.723. The molecule has 2 aromatic carbocycles. The third kappa shape index (κ3) is 4.18. The van der Waals surface area contributed by atoms with E-state index in [1.54, 1.807) is 6.92 Å². The van der Waals surface area contributed by atoms with Crippen LogP contribution < -0.4 is 4.72 Å². The van der Waals surface area contributed by atoms with Gasteiger partial charge in [-0.1, -0.05) is 60.7 Å². The summed E-state index contributed by atoms with van der Waals surface area (Å²) in [5.74, 6) is -1.53. The Labute approximate surface area is 136 Å². The normalized spacial score (nSPS) is 11.9. The smallest absolute Gasteiger partial charge is 0.322 e. The molecular weight excluding hydrogens is 314 g/mol. The van der Waals surface area contributed by atoms with Crippen LogP contribution in [0.1, 0.15) is 18.1 Å². The average molecular weight is 333 g/mol. The van der Waals surface area contributed by atoms with E-state index in [1.165, 1.54) is 0 Å². The molecule has 122 valence electrons. The largest absolute Gasteiger partial charge is 0.468 e. The molecule has 0 amide bonds. The number of carbonyl (C=O) groups is 1. The Morgan fingerprint density at radius 3 is 1.83 bits per heavy atom. The van der Waals surface area contributed by atoms with Crippen molar-refractivity contribution in [2.45, 2.75) is 12.5 Å². The molecule has 0 saturated heterocycles. The molecule has 5 nitrogen and oxygen atoms in total. The van der Waals surface area contributed by atoms with E-state index in [9.17, 15) is 13.2 Å². The molecule has 0 heterocycles. The highest BCUT2D eigenvalue weighted by Crippen LogP contribution is 2.29. The third-order valence-corrected chi connectivity index (χ3v) is 4.93. The minimum Gasteiger partial charge on any atom is -0.468 e. The van der Waals surface area contributed by atoms with Crippen LogP contribution in [0.2, 0.25) is 0 Å². The van der Waals surface area contributed by atoms with Crippen molar-refractivity contribution < 1.29 is 17.9 Å². The topological polar surface area (TPSA) is 72.5 Å². The Hall–Kier alpha value is -2.18. The molecule has 2 aromatic rings. The van der Waals surface area contributed by atoms with Crippen molar-refractivity contribution in [2.75, 3.05) is 12.9 Å². The molecule has 0 radical (unpaired) electrons. The molecule has 0 aliphatic heterocycles. The Bertz CT molecular complexity index is 718. The molecule has 0 aliphatic carbocycles. The molecule has 6 heteroatoms. The standard InChI is InChI=1S/C17H19NO4S/c1-17(14-9-5-3-6-10-14,15-11-7-4-8-12-15)18-23(20,21)13-16(19)22-2/h3-12,18H,13H2,1-2H3. The highest BCUT2D eigenvalue weighted by Gasteiger charge is 2.34. The lowest BCUT2D eigenvalue weighted by Crippen LogP contribution is -2.46. The van der Waals surface area contributed by atoms with E-state index in [2.05, 4.69) is 9.46 Å². The van der Waals surface area contributed by atoms with Crippen LogP contribution in [0, 0.1) is 0 Å². The van der Waals surface area contributed by atoms with E-state index in [-0.39, 0.29) is 0 Å². The van der Waals surface area contributed by atoms with Gasteiger partial charge >= 0.3 is 5.97 Å². The van der Waals surface area contributed by atoms with Gasteiger partial charge in [0.1, 0.15) is 0 Å². The second-order valence-electron chi connectivity index (χ2n) is 5.29. The summed E-state index contributed by atoms with van der Waals surface area (Å²) in [5, 5.41) is 0. The SMILES string of the molecule is COC(=O)CS(=O)(=O)NC(C)(c1ccccc1)c1ccccc1. The zero-order valence-corrected chi connectivity index (χ0v) is 13.8. The van der Waals surface area contributed by atoms with Gasteiger partial charge in [-0.05, 0) is 18.1 Å². The molecule has 23 heavy (non-hydrogen) atoms. The van der Waals surface area contributed by atoms with Crippen LogP contribution in [0.5, 0.6) is 0 Å². The first-order valence-corrected chi connectivity index (χ1v) is 8.72. The van der Waals surface area contributed by atoms with Crippen molar-refractivity contribution in [1.29, 1.82) is 0 Å². The molecule has 2 rings (SSSR count). The number of carbonyl (C=O) groups excluding carboxylic acids is 1. The first-order valence-electron chi connectivity index (χ1n) is 7.07. The monoisotopic (exact) mass is 333 g/mol. The average Bonchev–Trinajstić information content (AvgIpc) is 2.55. The molecule has 0 aliphatic rings. The maximum Gasteiger partial charge on any atom is 0.322 e. The van der Waals surface area contributed by atoms with Crippen LogP contribution >= 0.6 is 0 Å². The molecule has 0 spiro atoms. The number of rotatable bonds is 6. The summed E-state index contributed by atoms with van der Waals surface area (Å²) in [4.78, 5) is 11.3. The van der Waals surface area contributed by atoms with E-state index in [1.807, 2.05) is 60.7 Å². The zero-order chi connectivity index (χ0) is 16.9. The number of esters is 1. The van der Waals surface area contributed by atoms with Crippen molar-refractivity contribution in [3.8, 4) is 0 Å². The molecule has 0 aromatic heterocycles. The summed E-state index contributed by atoms with van der Waals surface area (Å²) >= 11 is 0. The third-order valence-electron chi connectivity index (χ3n) is 3.60. The van der Waals surface area contributed by atoms with Gasteiger partial charge in [-0.25, -0.2) is 13.1 Å². The van der Waals surface area contributed by atoms with Gasteiger partial charge in [0.2, 0.25) is 10.0 Å². The lowest BCUT2D eigenvalue weighted by Gasteiger charge is -2.31. The lowest BCUT2D eigenvalue weighted by atomic mass is 9.86. The van der Waals surface area contributed by atoms with Gasteiger partial charge in [0, 0.05) is 0 Å². The summed E-state index contributed by atoms with van der Waals surface area (Å²) in [6.45, 7) is 1.77. The van der Waals surface area contributed by atoms with E-state index < -0.39 is 27.3 Å². The first-order chi connectivity index (χ1) is 10.9. The van der Waals surface area contributed by atoms with Gasteiger partial charge in [0.05, 0.1) is 12.6 Å². The maximum atomic E-state index is 12.4. The molecule has 0 unspecified atom stereocenters. The number of sulfonamides is 1. The summed E-state index contributed by atoms with van der Waals surface area (Å²) in [5.41, 5.74) is 0.564. The maximum absolute atomic E-state index is 12.4. The molecular formula is C17H19NO4S. The van der Waals surface area contributed by atoms with Gasteiger partial charge in [-0.3, -0.25) is 4.79 Å². The van der Waals surface area contributed by atoms with Gasteiger partial charge in [-0.2, -0.15) is 0 Å². The highest BCUT2D eigenvalue weighted by molar-refractivity contribution is 7.90. The van der Waals surface area contributed by atoms with Crippen molar-refractivity contribution in [3.63, 3.8) is 0 Å². The van der Waals surface area contributed by atoms with Crippen LogP contribution in [-0.2, 0) is 25.1 Å². The Morgan fingerprint density at radius 1 is 1.00 bits per heavy atom. The lowest BCUT2D eigenvalue weighted by molar-refractivity contribution is -0.137. The summed E-state index contributed by atoms with van der Waals surface area (Å²) < 4.78 is 31.8. The van der Waals surface area contributed by atoms with E-state index >= 15 is 0 Å². The van der Waals surface area contributed by atoms with Gasteiger partial charge in [-0.15, -0.1) is 0 Å². The van der Waals surface area contributed by atoms with Crippen LogP contribution in [-0.4, -0.2) is 27.2 Å². The molecule has 0 atom stereocenters. The van der Waals surface area contributed by atoms with E-state index in [0.29, 0.717) is 0 Å². The fourth-order valence-electron chi connectivity index (χ4n) is 2.39. The van der Waals surface area contributed by atoms with Gasteiger partial charge in [0.15, 0.2) is 5.75 Å². The Balaban J connectivity index is 2.46. The fourth-order valence-corrected chi connectivity index (χ4v) is 3.75. The molecule has 0 saturated carbocycles. The summed E-state index contributed by atoms with van der Waals surface area (Å²) in [6.07, 6.45) is 0. The van der Waals surface area contributed by atoms with Crippen LogP contribution in [0.15, 0.2) is 60.7 Å². The number of hydrogen-bond donors (Lipinski definition) is 1. The molecule has 0 bridgehead atoms. The summed E-state index contributed by atoms with van der Waals surface area (Å²) in [6, 6.07) is 18.4. The van der Waals surface area contributed by atoms with Crippen molar-refractivity contribution in [2.24, 2.45) is 0 Å². The molecule has 0 fully saturated rings. The fraction of sp³-hybridized carbons (Fsp3) is 0.235. The number of hydrogen-bond acceptors (Lipinski definition) is 4. The second kappa shape index (κ2) is 6.93. The Morgan fingerprint density at radius 2 is 1.43 bits per heavy atom. The minimum atomic E-state index is -3.87. The number of benzene rings is 2. The molecule has 1 N–H and O–H groups in total. The van der Waals surface area contributed by atoms with Crippen LogP contribution in [0.3, 0.4) is 0 Å². The number of nitrogens with one attached hydrogen (secondary N) is 1. The summed E-state index contributed by atoms with van der Waals surface area (Å²) in [7, 11) is -2.71. The van der Waals surface area contributed by atoms with E-state index in [0.717, 1.165) is 18.2 Å². The Kier molecular flexibility index (Phi) is 5.18.